The Hall–Kier alpha value is -1.79. The second kappa shape index (κ2) is 8.06. The van der Waals surface area contributed by atoms with Crippen LogP contribution >= 0.6 is 11.8 Å². The number of carbonyl (C=O) groups is 1. The number of aliphatic imine (C=N–C) groups is 1. The van der Waals surface area contributed by atoms with Crippen molar-refractivity contribution in [3.63, 3.8) is 0 Å². The average Bonchev–Trinajstić information content (AvgIpc) is 2.99. The summed E-state index contributed by atoms with van der Waals surface area (Å²) in [6.07, 6.45) is 1.95. The number of likely N-dealkylation sites (N-methyl/N-ethyl adjacent to an activating group) is 1. The zero-order chi connectivity index (χ0) is 17.8. The van der Waals surface area contributed by atoms with E-state index in [0.29, 0.717) is 4.91 Å². The standard InChI is InChI=1S/C19H26N4OS/c1-4-22(5-2)16-8-6-15(7-9-16)14-17-18(24)20-19(25-17)23-12-10-21(3)11-13-23/h6-9,14H,4-5,10-13H2,1-3H3. The second-order valence-electron chi connectivity index (χ2n) is 6.36. The van der Waals surface area contributed by atoms with Crippen LogP contribution in [0, 0.1) is 0 Å². The third-order valence-electron chi connectivity index (χ3n) is 4.70. The van der Waals surface area contributed by atoms with E-state index in [1.807, 2.05) is 6.08 Å². The van der Waals surface area contributed by atoms with Crippen LogP contribution < -0.4 is 4.90 Å². The lowest BCUT2D eigenvalue weighted by atomic mass is 10.2. The Labute approximate surface area is 154 Å². The average molecular weight is 359 g/mol. The maximum Gasteiger partial charge on any atom is 0.286 e. The summed E-state index contributed by atoms with van der Waals surface area (Å²) in [6, 6.07) is 8.38. The molecule has 0 saturated carbocycles. The fourth-order valence-corrected chi connectivity index (χ4v) is 4.02. The molecule has 0 N–H and O–H groups in total. The smallest absolute Gasteiger partial charge is 0.286 e. The zero-order valence-electron chi connectivity index (χ0n) is 15.2. The minimum atomic E-state index is -0.119. The predicted octanol–water partition coefficient (Wildman–Crippen LogP) is 2.75. The monoisotopic (exact) mass is 358 g/mol. The number of amides is 1. The van der Waals surface area contributed by atoms with Gasteiger partial charge in [-0.05, 0) is 56.4 Å². The normalized spacial score (nSPS) is 20.3. The molecule has 6 heteroatoms. The summed E-state index contributed by atoms with van der Waals surface area (Å²) < 4.78 is 0. The van der Waals surface area contributed by atoms with Gasteiger partial charge in [-0.1, -0.05) is 12.1 Å². The van der Waals surface area contributed by atoms with Crippen LogP contribution in [0.3, 0.4) is 0 Å². The van der Waals surface area contributed by atoms with Crippen molar-refractivity contribution in [1.29, 1.82) is 0 Å². The third kappa shape index (κ3) is 4.25. The van der Waals surface area contributed by atoms with Gasteiger partial charge < -0.3 is 14.7 Å². The molecular weight excluding hydrogens is 332 g/mol. The van der Waals surface area contributed by atoms with Crippen LogP contribution in [0.25, 0.3) is 6.08 Å². The van der Waals surface area contributed by atoms with E-state index in [9.17, 15) is 4.79 Å². The van der Waals surface area contributed by atoms with E-state index in [2.05, 4.69) is 64.9 Å². The van der Waals surface area contributed by atoms with Crippen LogP contribution in [0.5, 0.6) is 0 Å². The van der Waals surface area contributed by atoms with Gasteiger partial charge in [0.15, 0.2) is 5.17 Å². The van der Waals surface area contributed by atoms with Crippen LogP contribution in [0.4, 0.5) is 5.69 Å². The first-order valence-corrected chi connectivity index (χ1v) is 9.73. The van der Waals surface area contributed by atoms with Gasteiger partial charge >= 0.3 is 0 Å². The highest BCUT2D eigenvalue weighted by molar-refractivity contribution is 8.18. The van der Waals surface area contributed by atoms with Crippen molar-refractivity contribution in [3.8, 4) is 0 Å². The quantitative estimate of drug-likeness (QED) is 0.774. The summed E-state index contributed by atoms with van der Waals surface area (Å²) >= 11 is 1.50. The van der Waals surface area contributed by atoms with Crippen molar-refractivity contribution in [3.05, 3.63) is 34.7 Å². The van der Waals surface area contributed by atoms with Crippen molar-refractivity contribution < 1.29 is 4.79 Å². The molecule has 2 heterocycles. The second-order valence-corrected chi connectivity index (χ2v) is 7.37. The summed E-state index contributed by atoms with van der Waals surface area (Å²) in [6.45, 7) is 10.2. The van der Waals surface area contributed by atoms with Gasteiger partial charge in [-0.3, -0.25) is 4.79 Å². The minimum absolute atomic E-state index is 0.119. The molecule has 2 aliphatic rings. The highest BCUT2D eigenvalue weighted by atomic mass is 32.2. The molecule has 0 aromatic heterocycles. The minimum Gasteiger partial charge on any atom is -0.372 e. The molecule has 5 nitrogen and oxygen atoms in total. The molecule has 1 saturated heterocycles. The van der Waals surface area contributed by atoms with E-state index >= 15 is 0 Å². The molecule has 3 rings (SSSR count). The predicted molar refractivity (Wildman–Crippen MR) is 107 cm³/mol. The number of amidine groups is 1. The number of piperazine rings is 1. The van der Waals surface area contributed by atoms with Crippen LogP contribution in [0.2, 0.25) is 0 Å². The van der Waals surface area contributed by atoms with Crippen LogP contribution in [0.1, 0.15) is 19.4 Å². The fraction of sp³-hybridized carbons (Fsp3) is 0.474. The van der Waals surface area contributed by atoms with E-state index in [-0.39, 0.29) is 5.91 Å². The lowest BCUT2D eigenvalue weighted by Crippen LogP contribution is -2.46. The van der Waals surface area contributed by atoms with Crippen molar-refractivity contribution in [2.45, 2.75) is 13.8 Å². The third-order valence-corrected chi connectivity index (χ3v) is 5.75. The highest BCUT2D eigenvalue weighted by Gasteiger charge is 2.27. The molecule has 0 aliphatic carbocycles. The van der Waals surface area contributed by atoms with E-state index in [1.165, 1.54) is 17.4 Å². The lowest BCUT2D eigenvalue weighted by Gasteiger charge is -2.32. The first kappa shape index (κ1) is 18.0. The van der Waals surface area contributed by atoms with Gasteiger partial charge in [-0.25, -0.2) is 0 Å². The van der Waals surface area contributed by atoms with Gasteiger partial charge in [0.25, 0.3) is 5.91 Å². The van der Waals surface area contributed by atoms with Crippen LogP contribution in [0.15, 0.2) is 34.2 Å². The van der Waals surface area contributed by atoms with E-state index in [1.54, 1.807) is 0 Å². The van der Waals surface area contributed by atoms with Crippen LogP contribution in [-0.2, 0) is 4.79 Å². The number of nitrogens with zero attached hydrogens (tertiary/aromatic N) is 4. The SMILES string of the molecule is CCN(CC)c1ccc(C=C2SC(N3CCN(C)CC3)=NC2=O)cc1. The van der Waals surface area contributed by atoms with Crippen molar-refractivity contribution in [2.75, 3.05) is 51.2 Å². The first-order valence-electron chi connectivity index (χ1n) is 8.91. The van der Waals surface area contributed by atoms with Gasteiger partial charge in [0.05, 0.1) is 4.91 Å². The Balaban J connectivity index is 1.67. The summed E-state index contributed by atoms with van der Waals surface area (Å²) in [5.41, 5.74) is 2.26. The molecule has 1 amide bonds. The Morgan fingerprint density at radius 2 is 1.76 bits per heavy atom. The molecule has 0 radical (unpaired) electrons. The van der Waals surface area contributed by atoms with Crippen molar-refractivity contribution in [2.24, 2.45) is 4.99 Å². The molecule has 25 heavy (non-hydrogen) atoms. The van der Waals surface area contributed by atoms with Crippen LogP contribution in [-0.4, -0.2) is 67.2 Å². The first-order chi connectivity index (χ1) is 12.1. The molecule has 0 spiro atoms. The molecule has 0 unspecified atom stereocenters. The molecule has 134 valence electrons. The Kier molecular flexibility index (Phi) is 5.81. The maximum atomic E-state index is 12.2. The number of thioether (sulfide) groups is 1. The number of carbonyl (C=O) groups excluding carboxylic acids is 1. The van der Waals surface area contributed by atoms with Gasteiger partial charge in [-0.15, -0.1) is 0 Å². The molecule has 1 fully saturated rings. The topological polar surface area (TPSA) is 39.1 Å². The number of hydrogen-bond donors (Lipinski definition) is 0. The Morgan fingerprint density at radius 3 is 2.36 bits per heavy atom. The molecule has 2 aliphatic heterocycles. The number of benzene rings is 1. The summed E-state index contributed by atoms with van der Waals surface area (Å²) in [7, 11) is 2.12. The van der Waals surface area contributed by atoms with Crippen molar-refractivity contribution in [1.82, 2.24) is 9.80 Å². The van der Waals surface area contributed by atoms with Gasteiger partial charge in [0.2, 0.25) is 0 Å². The van der Waals surface area contributed by atoms with E-state index in [4.69, 9.17) is 0 Å². The molecule has 1 aromatic rings. The lowest BCUT2D eigenvalue weighted by molar-refractivity contribution is -0.113. The highest BCUT2D eigenvalue weighted by Crippen LogP contribution is 2.31. The summed E-state index contributed by atoms with van der Waals surface area (Å²) in [5, 5.41) is 0.851. The van der Waals surface area contributed by atoms with E-state index in [0.717, 1.165) is 50.0 Å². The molecular formula is C19H26N4OS. The summed E-state index contributed by atoms with van der Waals surface area (Å²) in [5.74, 6) is -0.119. The van der Waals surface area contributed by atoms with Gasteiger partial charge in [-0.2, -0.15) is 4.99 Å². The van der Waals surface area contributed by atoms with E-state index < -0.39 is 0 Å². The zero-order valence-corrected chi connectivity index (χ0v) is 16.1. The van der Waals surface area contributed by atoms with Crippen molar-refractivity contribution >= 4 is 34.6 Å². The Morgan fingerprint density at radius 1 is 1.12 bits per heavy atom. The number of anilines is 1. The molecule has 1 aromatic carbocycles. The fourth-order valence-electron chi connectivity index (χ4n) is 3.05. The Bertz CT molecular complexity index is 671. The summed E-state index contributed by atoms with van der Waals surface area (Å²) in [4.78, 5) is 24.0. The van der Waals surface area contributed by atoms with Gasteiger partial charge in [0.1, 0.15) is 0 Å². The number of hydrogen-bond acceptors (Lipinski definition) is 5. The number of rotatable bonds is 4. The van der Waals surface area contributed by atoms with Gasteiger partial charge in [0, 0.05) is 45.0 Å². The molecule has 0 bridgehead atoms. The maximum absolute atomic E-state index is 12.2. The molecule has 0 atom stereocenters. The largest absolute Gasteiger partial charge is 0.372 e.